The lowest BCUT2D eigenvalue weighted by Gasteiger charge is -2.36. The van der Waals surface area contributed by atoms with E-state index in [-0.39, 0.29) is 24.3 Å². The van der Waals surface area contributed by atoms with Crippen molar-refractivity contribution < 1.29 is 33.0 Å². The van der Waals surface area contributed by atoms with Crippen LogP contribution in [-0.4, -0.2) is 43.2 Å². The van der Waals surface area contributed by atoms with Gasteiger partial charge in [-0.1, -0.05) is 51.1 Å². The molecule has 1 aliphatic heterocycles. The van der Waals surface area contributed by atoms with Crippen molar-refractivity contribution in [2.75, 3.05) is 6.79 Å². The molecule has 0 aliphatic carbocycles. The summed E-state index contributed by atoms with van der Waals surface area (Å²) in [5.74, 6) is -0.859. The van der Waals surface area contributed by atoms with Gasteiger partial charge in [-0.15, -0.1) is 0 Å². The normalized spacial score (nSPS) is 18.4. The average Bonchev–Trinajstić information content (AvgIpc) is 3.24. The second kappa shape index (κ2) is 10.8. The van der Waals surface area contributed by atoms with Crippen LogP contribution >= 0.6 is 0 Å². The van der Waals surface area contributed by atoms with Gasteiger partial charge in [0.2, 0.25) is 0 Å². The third-order valence-electron chi connectivity index (χ3n) is 6.91. The van der Waals surface area contributed by atoms with Crippen LogP contribution in [0.4, 0.5) is 9.18 Å². The maximum atomic E-state index is 13.8. The molecule has 3 rings (SSSR count). The second-order valence-electron chi connectivity index (χ2n) is 10.2. The number of ether oxygens (including phenoxy) is 2. The summed E-state index contributed by atoms with van der Waals surface area (Å²) in [6, 6.07) is 12.0. The van der Waals surface area contributed by atoms with Gasteiger partial charge in [-0.25, -0.2) is 14.0 Å². The summed E-state index contributed by atoms with van der Waals surface area (Å²) in [4.78, 5) is 26.1. The van der Waals surface area contributed by atoms with Crippen molar-refractivity contribution >= 4 is 20.4 Å². The van der Waals surface area contributed by atoms with E-state index in [1.807, 2.05) is 0 Å². The van der Waals surface area contributed by atoms with Gasteiger partial charge in [0.05, 0.1) is 6.04 Å². The minimum atomic E-state index is -2.12. The Morgan fingerprint density at radius 1 is 1.09 bits per heavy atom. The first-order valence-corrected chi connectivity index (χ1v) is 14.6. The number of carbonyl (C=O) groups is 2. The van der Waals surface area contributed by atoms with Crippen molar-refractivity contribution in [1.82, 2.24) is 4.90 Å². The fourth-order valence-corrected chi connectivity index (χ4v) is 4.50. The van der Waals surface area contributed by atoms with E-state index in [1.165, 1.54) is 11.0 Å². The van der Waals surface area contributed by atoms with Crippen molar-refractivity contribution in [3.63, 3.8) is 0 Å². The molecule has 1 heterocycles. The first-order chi connectivity index (χ1) is 16.4. The number of rotatable bonds is 8. The van der Waals surface area contributed by atoms with Gasteiger partial charge in [0.1, 0.15) is 24.2 Å². The number of halogens is 1. The SMILES string of the molecule is CC(C)(C)[Si](C)(C)OCOC(=O)N1C(C(=O)O)CCC1c1ccc(OCc2ccccc2F)cc1. The minimum absolute atomic E-state index is 0.0463. The van der Waals surface area contributed by atoms with Gasteiger partial charge in [0.15, 0.2) is 15.1 Å². The Bertz CT molecular complexity index is 1040. The summed E-state index contributed by atoms with van der Waals surface area (Å²) in [6.07, 6.45) is 0.104. The van der Waals surface area contributed by atoms with Gasteiger partial charge in [-0.3, -0.25) is 4.90 Å². The van der Waals surface area contributed by atoms with Crippen LogP contribution in [0.1, 0.15) is 50.8 Å². The van der Waals surface area contributed by atoms with Crippen LogP contribution in [0.15, 0.2) is 48.5 Å². The zero-order valence-electron chi connectivity index (χ0n) is 20.9. The molecule has 190 valence electrons. The Balaban J connectivity index is 1.67. The highest BCUT2D eigenvalue weighted by Gasteiger charge is 2.43. The summed E-state index contributed by atoms with van der Waals surface area (Å²) >= 11 is 0. The molecule has 2 aromatic rings. The number of hydrogen-bond donors (Lipinski definition) is 1. The highest BCUT2D eigenvalue weighted by atomic mass is 28.4. The van der Waals surface area contributed by atoms with Gasteiger partial charge in [-0.05, 0) is 54.7 Å². The molecule has 2 aromatic carbocycles. The number of carboxylic acids is 1. The van der Waals surface area contributed by atoms with Gasteiger partial charge >= 0.3 is 12.1 Å². The van der Waals surface area contributed by atoms with Crippen molar-refractivity contribution in [2.45, 2.75) is 70.4 Å². The van der Waals surface area contributed by atoms with Crippen LogP contribution in [0.3, 0.4) is 0 Å². The molecular weight excluding hydrogens is 469 g/mol. The summed E-state index contributed by atoms with van der Waals surface area (Å²) in [5.41, 5.74) is 1.22. The smallest absolute Gasteiger partial charge is 0.413 e. The molecule has 2 unspecified atom stereocenters. The highest BCUT2D eigenvalue weighted by molar-refractivity contribution is 6.74. The Morgan fingerprint density at radius 2 is 1.74 bits per heavy atom. The average molecular weight is 504 g/mol. The van der Waals surface area contributed by atoms with E-state index < -0.39 is 32.5 Å². The van der Waals surface area contributed by atoms with Crippen LogP contribution in [-0.2, 0) is 20.6 Å². The Hall–Kier alpha value is -2.91. The summed E-state index contributed by atoms with van der Waals surface area (Å²) in [5, 5.41) is 9.63. The predicted octanol–water partition coefficient (Wildman–Crippen LogP) is 6.11. The standard InChI is InChI=1S/C26H34FNO6Si/c1-26(2,3)35(4,5)34-17-33-25(31)28-22(14-15-23(28)24(29)30)18-10-12-20(13-11-18)32-16-19-8-6-7-9-21(19)27/h6-13,22-23H,14-17H2,1-5H3,(H,29,30). The number of amides is 1. The van der Waals surface area contributed by atoms with Crippen molar-refractivity contribution in [2.24, 2.45) is 0 Å². The van der Waals surface area contributed by atoms with Crippen LogP contribution in [0.2, 0.25) is 18.1 Å². The van der Waals surface area contributed by atoms with E-state index in [2.05, 4.69) is 33.9 Å². The third-order valence-corrected chi connectivity index (χ3v) is 11.4. The Morgan fingerprint density at radius 3 is 2.34 bits per heavy atom. The van der Waals surface area contributed by atoms with Crippen molar-refractivity contribution in [3.8, 4) is 5.75 Å². The lowest BCUT2D eigenvalue weighted by molar-refractivity contribution is -0.142. The maximum absolute atomic E-state index is 13.8. The minimum Gasteiger partial charge on any atom is -0.489 e. The van der Waals surface area contributed by atoms with E-state index in [1.54, 1.807) is 42.5 Å². The van der Waals surface area contributed by atoms with Crippen LogP contribution in [0, 0.1) is 5.82 Å². The molecule has 9 heteroatoms. The molecule has 0 bridgehead atoms. The summed E-state index contributed by atoms with van der Waals surface area (Å²) in [6.45, 7) is 10.2. The predicted molar refractivity (Wildman–Crippen MR) is 132 cm³/mol. The molecular formula is C26H34FNO6Si. The lowest BCUT2D eigenvalue weighted by atomic mass is 10.0. The molecule has 0 aromatic heterocycles. The molecule has 0 spiro atoms. The van der Waals surface area contributed by atoms with E-state index in [0.717, 1.165) is 5.56 Å². The second-order valence-corrected chi connectivity index (χ2v) is 15.0. The van der Waals surface area contributed by atoms with E-state index in [9.17, 15) is 19.1 Å². The highest BCUT2D eigenvalue weighted by Crippen LogP contribution is 2.38. The molecule has 1 fully saturated rings. The summed E-state index contributed by atoms with van der Waals surface area (Å²) in [7, 11) is -2.12. The number of nitrogens with zero attached hydrogens (tertiary/aromatic N) is 1. The van der Waals surface area contributed by atoms with E-state index in [4.69, 9.17) is 13.9 Å². The number of hydrogen-bond acceptors (Lipinski definition) is 5. The van der Waals surface area contributed by atoms with Crippen LogP contribution in [0.25, 0.3) is 0 Å². The topological polar surface area (TPSA) is 85.3 Å². The molecule has 1 aliphatic rings. The number of benzene rings is 2. The van der Waals surface area contributed by atoms with Crippen molar-refractivity contribution in [3.05, 3.63) is 65.5 Å². The summed E-state index contributed by atoms with van der Waals surface area (Å²) < 4.78 is 30.8. The molecule has 1 N–H and O–H groups in total. The first kappa shape index (κ1) is 26.7. The molecule has 0 saturated carbocycles. The molecule has 2 atom stereocenters. The number of likely N-dealkylation sites (tertiary alicyclic amines) is 1. The molecule has 1 amide bonds. The number of carboxylic acid groups (broad SMARTS) is 1. The monoisotopic (exact) mass is 503 g/mol. The maximum Gasteiger partial charge on any atom is 0.413 e. The van der Waals surface area contributed by atoms with E-state index in [0.29, 0.717) is 24.2 Å². The van der Waals surface area contributed by atoms with Gasteiger partial charge in [0.25, 0.3) is 0 Å². The first-order valence-electron chi connectivity index (χ1n) is 11.7. The van der Waals surface area contributed by atoms with Gasteiger partial charge in [0, 0.05) is 5.56 Å². The zero-order chi connectivity index (χ0) is 25.8. The largest absolute Gasteiger partial charge is 0.489 e. The lowest BCUT2D eigenvalue weighted by Crippen LogP contribution is -2.44. The van der Waals surface area contributed by atoms with Gasteiger partial charge in [-0.2, -0.15) is 0 Å². The van der Waals surface area contributed by atoms with Gasteiger partial charge < -0.3 is 19.0 Å². The fraction of sp³-hybridized carbons (Fsp3) is 0.462. The third kappa shape index (κ3) is 6.40. The van der Waals surface area contributed by atoms with Crippen molar-refractivity contribution in [1.29, 1.82) is 0 Å². The Kier molecular flexibility index (Phi) is 8.22. The van der Waals surface area contributed by atoms with E-state index >= 15 is 0 Å². The Labute approximate surface area is 206 Å². The zero-order valence-corrected chi connectivity index (χ0v) is 21.9. The molecule has 35 heavy (non-hydrogen) atoms. The fourth-order valence-electron chi connectivity index (χ4n) is 3.72. The van der Waals surface area contributed by atoms with Crippen LogP contribution in [0.5, 0.6) is 5.75 Å². The molecule has 7 nitrogen and oxygen atoms in total. The number of aliphatic carboxylic acids is 1. The molecule has 1 saturated heterocycles. The van der Waals surface area contributed by atoms with Crippen LogP contribution < -0.4 is 4.74 Å². The molecule has 0 radical (unpaired) electrons. The quantitative estimate of drug-likeness (QED) is 0.346. The number of carbonyl (C=O) groups excluding carboxylic acids is 1.